The molecule has 0 aliphatic carbocycles. The Hall–Kier alpha value is -0.790. The molecule has 0 fully saturated rings. The molecule has 2 nitrogen and oxygen atoms in total. The summed E-state index contributed by atoms with van der Waals surface area (Å²) in [5.41, 5.74) is 1.44. The normalized spacial score (nSPS) is 14.1. The fraction of sp³-hybridized carbons (Fsp3) is 0.786. The molecule has 0 amide bonds. The van der Waals surface area contributed by atoms with Gasteiger partial charge < -0.3 is 4.57 Å². The van der Waals surface area contributed by atoms with Crippen molar-refractivity contribution in [3.8, 4) is 0 Å². The van der Waals surface area contributed by atoms with Gasteiger partial charge in [-0.2, -0.15) is 0 Å². The van der Waals surface area contributed by atoms with E-state index in [-0.39, 0.29) is 5.54 Å². The van der Waals surface area contributed by atoms with Gasteiger partial charge in [-0.05, 0) is 32.6 Å². The maximum absolute atomic E-state index is 4.55. The zero-order chi connectivity index (χ0) is 12.2. The molecule has 0 aliphatic rings. The Labute approximate surface area is 100 Å². The minimum atomic E-state index is 0.200. The molecule has 1 heterocycles. The first kappa shape index (κ1) is 13.3. The van der Waals surface area contributed by atoms with Crippen LogP contribution in [0.4, 0.5) is 0 Å². The van der Waals surface area contributed by atoms with E-state index in [0.29, 0.717) is 5.92 Å². The molecule has 1 unspecified atom stereocenters. The molecule has 2 heteroatoms. The smallest absolute Gasteiger partial charge is 0.0954 e. The zero-order valence-corrected chi connectivity index (χ0v) is 11.5. The maximum Gasteiger partial charge on any atom is 0.0954 e. The fourth-order valence-electron chi connectivity index (χ4n) is 2.25. The highest BCUT2D eigenvalue weighted by atomic mass is 15.1. The zero-order valence-electron chi connectivity index (χ0n) is 11.5. The monoisotopic (exact) mass is 222 g/mol. The second kappa shape index (κ2) is 5.51. The van der Waals surface area contributed by atoms with E-state index in [1.165, 1.54) is 31.4 Å². The first-order valence-electron chi connectivity index (χ1n) is 6.55. The van der Waals surface area contributed by atoms with Crippen molar-refractivity contribution in [3.63, 3.8) is 0 Å². The molecule has 1 atom stereocenters. The lowest BCUT2D eigenvalue weighted by Crippen LogP contribution is -2.24. The van der Waals surface area contributed by atoms with Gasteiger partial charge in [-0.25, -0.2) is 4.98 Å². The van der Waals surface area contributed by atoms with Crippen LogP contribution in [0.15, 0.2) is 12.5 Å². The van der Waals surface area contributed by atoms with Gasteiger partial charge >= 0.3 is 0 Å². The second-order valence-corrected chi connectivity index (χ2v) is 5.46. The molecule has 0 bridgehead atoms. The van der Waals surface area contributed by atoms with Crippen LogP contribution in [0.3, 0.4) is 0 Å². The van der Waals surface area contributed by atoms with Crippen LogP contribution in [0, 0.1) is 0 Å². The Morgan fingerprint density at radius 1 is 1.31 bits per heavy atom. The average molecular weight is 222 g/mol. The molecular weight excluding hydrogens is 196 g/mol. The minimum absolute atomic E-state index is 0.200. The molecular formula is C14H26N2. The molecule has 0 saturated carbocycles. The van der Waals surface area contributed by atoms with Crippen LogP contribution in [-0.2, 0) is 5.54 Å². The Kier molecular flexibility index (Phi) is 4.57. The van der Waals surface area contributed by atoms with Crippen molar-refractivity contribution in [2.24, 2.45) is 0 Å². The highest BCUT2D eigenvalue weighted by Crippen LogP contribution is 2.25. The van der Waals surface area contributed by atoms with Crippen LogP contribution in [0.2, 0.25) is 0 Å². The molecule has 0 saturated heterocycles. The SMILES string of the molecule is CCCC(C)c1cn(C(C)(C)CCC)cn1. The molecule has 1 aromatic rings. The Morgan fingerprint density at radius 3 is 2.56 bits per heavy atom. The minimum Gasteiger partial charge on any atom is -0.332 e. The summed E-state index contributed by atoms with van der Waals surface area (Å²) < 4.78 is 2.28. The number of rotatable bonds is 6. The molecule has 0 aliphatic heterocycles. The number of hydrogen-bond acceptors (Lipinski definition) is 1. The van der Waals surface area contributed by atoms with Crippen molar-refractivity contribution in [1.82, 2.24) is 9.55 Å². The van der Waals surface area contributed by atoms with Gasteiger partial charge in [0.25, 0.3) is 0 Å². The van der Waals surface area contributed by atoms with Crippen LogP contribution in [0.5, 0.6) is 0 Å². The van der Waals surface area contributed by atoms with E-state index in [0.717, 1.165) is 0 Å². The van der Waals surface area contributed by atoms with E-state index in [2.05, 4.69) is 50.4 Å². The predicted octanol–water partition coefficient (Wildman–Crippen LogP) is 4.32. The molecule has 92 valence electrons. The maximum atomic E-state index is 4.55. The van der Waals surface area contributed by atoms with Crippen LogP contribution >= 0.6 is 0 Å². The number of nitrogens with zero attached hydrogens (tertiary/aromatic N) is 2. The van der Waals surface area contributed by atoms with Gasteiger partial charge in [0.1, 0.15) is 0 Å². The summed E-state index contributed by atoms with van der Waals surface area (Å²) in [6.07, 6.45) is 9.10. The van der Waals surface area contributed by atoms with Gasteiger partial charge in [0.05, 0.1) is 12.0 Å². The molecule has 0 radical (unpaired) electrons. The highest BCUT2D eigenvalue weighted by molar-refractivity contribution is 5.05. The van der Waals surface area contributed by atoms with Gasteiger partial charge in [-0.15, -0.1) is 0 Å². The van der Waals surface area contributed by atoms with E-state index in [1.54, 1.807) is 0 Å². The van der Waals surface area contributed by atoms with Crippen LogP contribution in [-0.4, -0.2) is 9.55 Å². The van der Waals surface area contributed by atoms with Gasteiger partial charge in [-0.3, -0.25) is 0 Å². The summed E-state index contributed by atoms with van der Waals surface area (Å²) in [6.45, 7) is 11.3. The van der Waals surface area contributed by atoms with Gasteiger partial charge in [0.2, 0.25) is 0 Å². The van der Waals surface area contributed by atoms with Gasteiger partial charge in [0, 0.05) is 11.7 Å². The summed E-state index contributed by atoms with van der Waals surface area (Å²) in [5.74, 6) is 0.587. The van der Waals surface area contributed by atoms with Crippen molar-refractivity contribution in [1.29, 1.82) is 0 Å². The quantitative estimate of drug-likeness (QED) is 0.701. The lowest BCUT2D eigenvalue weighted by Gasteiger charge is -2.25. The van der Waals surface area contributed by atoms with E-state index < -0.39 is 0 Å². The second-order valence-electron chi connectivity index (χ2n) is 5.46. The fourth-order valence-corrected chi connectivity index (χ4v) is 2.25. The van der Waals surface area contributed by atoms with Crippen molar-refractivity contribution in [3.05, 3.63) is 18.2 Å². The molecule has 1 aromatic heterocycles. The third kappa shape index (κ3) is 3.10. The van der Waals surface area contributed by atoms with E-state index in [1.807, 2.05) is 6.33 Å². The Bertz CT molecular complexity index is 312. The Morgan fingerprint density at radius 2 is 2.00 bits per heavy atom. The number of imidazole rings is 1. The van der Waals surface area contributed by atoms with E-state index >= 15 is 0 Å². The molecule has 0 aromatic carbocycles. The van der Waals surface area contributed by atoms with Crippen molar-refractivity contribution in [2.75, 3.05) is 0 Å². The third-order valence-electron chi connectivity index (χ3n) is 3.39. The van der Waals surface area contributed by atoms with E-state index in [9.17, 15) is 0 Å². The summed E-state index contributed by atoms with van der Waals surface area (Å²) in [6, 6.07) is 0. The van der Waals surface area contributed by atoms with Crippen molar-refractivity contribution in [2.45, 2.75) is 71.8 Å². The summed E-state index contributed by atoms with van der Waals surface area (Å²) >= 11 is 0. The lowest BCUT2D eigenvalue weighted by atomic mass is 9.98. The van der Waals surface area contributed by atoms with Crippen molar-refractivity contribution < 1.29 is 0 Å². The molecule has 0 spiro atoms. The lowest BCUT2D eigenvalue weighted by molar-refractivity contribution is 0.323. The summed E-state index contributed by atoms with van der Waals surface area (Å²) in [5, 5.41) is 0. The highest BCUT2D eigenvalue weighted by Gasteiger charge is 2.20. The van der Waals surface area contributed by atoms with Crippen LogP contribution in [0.25, 0.3) is 0 Å². The number of hydrogen-bond donors (Lipinski definition) is 0. The van der Waals surface area contributed by atoms with Crippen LogP contribution < -0.4 is 0 Å². The van der Waals surface area contributed by atoms with Crippen LogP contribution in [0.1, 0.15) is 71.9 Å². The standard InChI is InChI=1S/C14H26N2/c1-6-8-12(3)13-10-16(11-15-13)14(4,5)9-7-2/h10-12H,6-9H2,1-5H3. The summed E-state index contributed by atoms with van der Waals surface area (Å²) in [7, 11) is 0. The van der Waals surface area contributed by atoms with Crippen molar-refractivity contribution >= 4 is 0 Å². The number of aromatic nitrogens is 2. The average Bonchev–Trinajstić information content (AvgIpc) is 2.67. The largest absolute Gasteiger partial charge is 0.332 e. The molecule has 16 heavy (non-hydrogen) atoms. The Balaban J connectivity index is 2.78. The van der Waals surface area contributed by atoms with E-state index in [4.69, 9.17) is 0 Å². The van der Waals surface area contributed by atoms with Gasteiger partial charge in [0.15, 0.2) is 0 Å². The first-order chi connectivity index (χ1) is 7.51. The predicted molar refractivity (Wildman–Crippen MR) is 69.8 cm³/mol. The van der Waals surface area contributed by atoms with Gasteiger partial charge in [-0.1, -0.05) is 33.6 Å². The topological polar surface area (TPSA) is 17.8 Å². The summed E-state index contributed by atoms with van der Waals surface area (Å²) in [4.78, 5) is 4.55. The molecule has 0 N–H and O–H groups in total. The third-order valence-corrected chi connectivity index (χ3v) is 3.39. The first-order valence-corrected chi connectivity index (χ1v) is 6.55. The molecule has 1 rings (SSSR count).